The highest BCUT2D eigenvalue weighted by molar-refractivity contribution is 6.50. The van der Waals surface area contributed by atoms with Crippen LogP contribution in [0.5, 0.6) is 0 Å². The third kappa shape index (κ3) is 2.36. The summed E-state index contributed by atoms with van der Waals surface area (Å²) in [7, 11) is 0. The molecule has 0 aromatic carbocycles. The summed E-state index contributed by atoms with van der Waals surface area (Å²) in [6, 6.07) is 0. The van der Waals surface area contributed by atoms with Gasteiger partial charge in [0.1, 0.15) is 18.4 Å². The Labute approximate surface area is 98.6 Å². The Morgan fingerprint density at radius 1 is 1.53 bits per heavy atom. The molecule has 1 atom stereocenters. The van der Waals surface area contributed by atoms with Crippen LogP contribution in [0.25, 0.3) is 0 Å². The highest BCUT2D eigenvalue weighted by atomic mass is 16.3. The molecule has 7 heteroatoms. The number of nitrogens with one attached hydrogen (secondary N) is 1. The molecule has 0 spiro atoms. The number of aliphatic hydroxyl groups is 1. The number of nitrogens with zero attached hydrogens (tertiary/aromatic N) is 4. The van der Waals surface area contributed by atoms with Crippen LogP contribution in [0.15, 0.2) is 31.6 Å². The van der Waals surface area contributed by atoms with Crippen molar-refractivity contribution in [3.8, 4) is 0 Å². The standard InChI is InChI=1S/C10H14N6O/c1-7(4-17)2-3-15-10(11)8-9(13-5-12-8)14-6-16-10/h2,5-6,15,17H,3-4,11H2,1H3. The molecule has 2 heterocycles. The number of fused-ring (bicyclic) bond motifs is 1. The molecular formula is C10H14N6O. The van der Waals surface area contributed by atoms with E-state index in [1.807, 2.05) is 13.0 Å². The van der Waals surface area contributed by atoms with E-state index < -0.39 is 5.79 Å². The zero-order valence-corrected chi connectivity index (χ0v) is 9.46. The van der Waals surface area contributed by atoms with Crippen LogP contribution in [0.2, 0.25) is 0 Å². The normalized spacial score (nSPS) is 26.9. The largest absolute Gasteiger partial charge is 0.392 e. The molecule has 4 N–H and O–H groups in total. The van der Waals surface area contributed by atoms with E-state index in [0.717, 1.165) is 5.57 Å². The molecule has 0 saturated carbocycles. The topological polar surface area (TPSA) is 108 Å². The molecule has 0 aromatic heterocycles. The van der Waals surface area contributed by atoms with E-state index in [4.69, 9.17) is 10.8 Å². The van der Waals surface area contributed by atoms with Crippen LogP contribution in [-0.2, 0) is 0 Å². The molecule has 0 aliphatic carbocycles. The van der Waals surface area contributed by atoms with Crippen LogP contribution in [0.3, 0.4) is 0 Å². The molecule has 0 bridgehead atoms. The van der Waals surface area contributed by atoms with Gasteiger partial charge in [0.15, 0.2) is 5.84 Å². The highest BCUT2D eigenvalue weighted by Crippen LogP contribution is 2.12. The van der Waals surface area contributed by atoms with Gasteiger partial charge in [-0.3, -0.25) is 11.1 Å². The van der Waals surface area contributed by atoms with Crippen LogP contribution in [-0.4, -0.2) is 48.3 Å². The second-order valence-corrected chi connectivity index (χ2v) is 3.78. The van der Waals surface area contributed by atoms with Gasteiger partial charge < -0.3 is 5.11 Å². The van der Waals surface area contributed by atoms with E-state index in [1.165, 1.54) is 12.7 Å². The third-order valence-electron chi connectivity index (χ3n) is 2.45. The molecule has 90 valence electrons. The zero-order chi connectivity index (χ0) is 12.3. The van der Waals surface area contributed by atoms with Crippen molar-refractivity contribution >= 4 is 24.2 Å². The minimum Gasteiger partial charge on any atom is -0.392 e. The second-order valence-electron chi connectivity index (χ2n) is 3.78. The fraction of sp³-hybridized carbons (Fsp3) is 0.400. The van der Waals surface area contributed by atoms with Crippen molar-refractivity contribution in [2.45, 2.75) is 12.7 Å². The summed E-state index contributed by atoms with van der Waals surface area (Å²) < 4.78 is 0. The molecule has 2 aliphatic rings. The molecule has 7 nitrogen and oxygen atoms in total. The van der Waals surface area contributed by atoms with Gasteiger partial charge in [-0.1, -0.05) is 11.6 Å². The van der Waals surface area contributed by atoms with E-state index in [9.17, 15) is 0 Å². The predicted molar refractivity (Wildman–Crippen MR) is 67.6 cm³/mol. The third-order valence-corrected chi connectivity index (χ3v) is 2.45. The Bertz CT molecular complexity index is 461. The predicted octanol–water partition coefficient (Wildman–Crippen LogP) is -0.950. The second kappa shape index (κ2) is 4.66. The molecule has 0 saturated heterocycles. The molecule has 0 aromatic rings. The van der Waals surface area contributed by atoms with Crippen molar-refractivity contribution in [3.63, 3.8) is 0 Å². The molecule has 0 amide bonds. The molecule has 1 unspecified atom stereocenters. The van der Waals surface area contributed by atoms with E-state index in [1.54, 1.807) is 0 Å². The number of hydrogen-bond donors (Lipinski definition) is 3. The summed E-state index contributed by atoms with van der Waals surface area (Å²) in [4.78, 5) is 16.1. The minimum atomic E-state index is -1.10. The van der Waals surface area contributed by atoms with Gasteiger partial charge in [0.05, 0.1) is 6.61 Å². The van der Waals surface area contributed by atoms with Crippen molar-refractivity contribution in [1.29, 1.82) is 0 Å². The SMILES string of the molecule is CC(=CCNC1(N)N=CN=C2N=CN=C21)CO. The van der Waals surface area contributed by atoms with Crippen LogP contribution in [0.1, 0.15) is 6.92 Å². The van der Waals surface area contributed by atoms with E-state index in [-0.39, 0.29) is 6.61 Å². The lowest BCUT2D eigenvalue weighted by molar-refractivity contribution is 0.330. The quantitative estimate of drug-likeness (QED) is 0.431. The van der Waals surface area contributed by atoms with Crippen molar-refractivity contribution in [2.24, 2.45) is 25.7 Å². The lowest BCUT2D eigenvalue weighted by Crippen LogP contribution is -2.61. The smallest absolute Gasteiger partial charge is 0.211 e. The number of nitrogens with two attached hydrogens (primary N) is 1. The van der Waals surface area contributed by atoms with E-state index >= 15 is 0 Å². The summed E-state index contributed by atoms with van der Waals surface area (Å²) >= 11 is 0. The van der Waals surface area contributed by atoms with Gasteiger partial charge in [-0.2, -0.15) is 0 Å². The highest BCUT2D eigenvalue weighted by Gasteiger charge is 2.36. The van der Waals surface area contributed by atoms with Gasteiger partial charge in [0, 0.05) is 6.54 Å². The molecule has 0 fully saturated rings. The lowest BCUT2D eigenvalue weighted by Gasteiger charge is -2.27. The van der Waals surface area contributed by atoms with Crippen molar-refractivity contribution in [1.82, 2.24) is 5.32 Å². The Kier molecular flexibility index (Phi) is 3.23. The lowest BCUT2D eigenvalue weighted by atomic mass is 10.1. The number of hydrogen-bond acceptors (Lipinski definition) is 7. The van der Waals surface area contributed by atoms with Crippen LogP contribution in [0.4, 0.5) is 0 Å². The number of aliphatic hydroxyl groups excluding tert-OH is 1. The molecule has 17 heavy (non-hydrogen) atoms. The van der Waals surface area contributed by atoms with E-state index in [0.29, 0.717) is 18.1 Å². The minimum absolute atomic E-state index is 0.0271. The van der Waals surface area contributed by atoms with Crippen LogP contribution >= 0.6 is 0 Å². The Balaban J connectivity index is 2.06. The van der Waals surface area contributed by atoms with Crippen molar-refractivity contribution in [2.75, 3.05) is 13.2 Å². The molecule has 2 rings (SSSR count). The maximum atomic E-state index is 8.87. The van der Waals surface area contributed by atoms with Gasteiger partial charge in [0.2, 0.25) is 5.79 Å². The van der Waals surface area contributed by atoms with E-state index in [2.05, 4.69) is 25.3 Å². The number of rotatable bonds is 4. The maximum absolute atomic E-state index is 8.87. The first-order valence-electron chi connectivity index (χ1n) is 5.19. The van der Waals surface area contributed by atoms with Gasteiger partial charge in [-0.15, -0.1) is 0 Å². The average molecular weight is 234 g/mol. The summed E-state index contributed by atoms with van der Waals surface area (Å²) in [5.74, 6) is -0.613. The molecule has 0 radical (unpaired) electrons. The van der Waals surface area contributed by atoms with Gasteiger partial charge in [0.25, 0.3) is 0 Å². The fourth-order valence-corrected chi connectivity index (χ4v) is 1.43. The van der Waals surface area contributed by atoms with Gasteiger partial charge in [-0.05, 0) is 6.92 Å². The zero-order valence-electron chi connectivity index (χ0n) is 9.46. The summed E-state index contributed by atoms with van der Waals surface area (Å²) in [6.45, 7) is 2.34. The first-order chi connectivity index (χ1) is 8.15. The van der Waals surface area contributed by atoms with Crippen molar-refractivity contribution in [3.05, 3.63) is 11.6 Å². The first-order valence-corrected chi connectivity index (χ1v) is 5.19. The number of amidine groups is 1. The van der Waals surface area contributed by atoms with Crippen LogP contribution < -0.4 is 11.1 Å². The fourth-order valence-electron chi connectivity index (χ4n) is 1.43. The van der Waals surface area contributed by atoms with Crippen LogP contribution in [0, 0.1) is 0 Å². The monoisotopic (exact) mass is 234 g/mol. The average Bonchev–Trinajstić information content (AvgIpc) is 2.79. The molecule has 2 aliphatic heterocycles. The van der Waals surface area contributed by atoms with Gasteiger partial charge >= 0.3 is 0 Å². The summed E-state index contributed by atoms with van der Waals surface area (Å²) in [5.41, 5.74) is 7.45. The van der Waals surface area contributed by atoms with Crippen molar-refractivity contribution < 1.29 is 5.11 Å². The Hall–Kier alpha value is -1.70. The number of aliphatic imine (C=N–C) groups is 4. The summed E-state index contributed by atoms with van der Waals surface area (Å²) in [5, 5.41) is 11.9. The maximum Gasteiger partial charge on any atom is 0.211 e. The van der Waals surface area contributed by atoms with Gasteiger partial charge in [-0.25, -0.2) is 20.0 Å². The molecular weight excluding hydrogens is 220 g/mol. The summed E-state index contributed by atoms with van der Waals surface area (Å²) in [6.07, 6.45) is 4.61. The first kappa shape index (κ1) is 11.8. The Morgan fingerprint density at radius 2 is 2.35 bits per heavy atom. The Morgan fingerprint density at radius 3 is 3.12 bits per heavy atom.